The van der Waals surface area contributed by atoms with E-state index in [-0.39, 0.29) is 23.4 Å². The Labute approximate surface area is 196 Å². The minimum atomic E-state index is -3.42. The van der Waals surface area contributed by atoms with Crippen molar-refractivity contribution in [3.63, 3.8) is 0 Å². The topological polar surface area (TPSA) is 96.3 Å². The molecule has 3 aliphatic heterocycles. The van der Waals surface area contributed by atoms with E-state index in [1.54, 1.807) is 42.3 Å². The van der Waals surface area contributed by atoms with Crippen molar-refractivity contribution in [1.82, 2.24) is 4.90 Å². The Hall–Kier alpha value is -2.85. The van der Waals surface area contributed by atoms with Crippen LogP contribution in [-0.2, 0) is 10.0 Å². The molecule has 1 fully saturated rings. The summed E-state index contributed by atoms with van der Waals surface area (Å²) in [6.45, 7) is 1.41. The average molecular weight is 486 g/mol. The minimum absolute atomic E-state index is 0.0125. The lowest BCUT2D eigenvalue weighted by atomic mass is 9.88. The second-order valence-corrected chi connectivity index (χ2v) is 11.0. The molecule has 0 N–H and O–H groups in total. The van der Waals surface area contributed by atoms with Gasteiger partial charge in [-0.2, -0.15) is 0 Å². The van der Waals surface area contributed by atoms with Crippen LogP contribution in [0.4, 0.5) is 5.69 Å². The highest BCUT2D eigenvalue weighted by Crippen LogP contribution is 2.42. The molecule has 10 heteroatoms. The number of piperidine rings is 1. The van der Waals surface area contributed by atoms with E-state index >= 15 is 0 Å². The molecule has 2 aromatic carbocycles. The molecule has 0 saturated carbocycles. The molecule has 0 aromatic heterocycles. The number of hydrogen-bond donors (Lipinski definition) is 0. The Morgan fingerprint density at radius 3 is 2.42 bits per heavy atom. The zero-order valence-electron chi connectivity index (χ0n) is 18.1. The Morgan fingerprint density at radius 1 is 1.03 bits per heavy atom. The van der Waals surface area contributed by atoms with Gasteiger partial charge in [-0.1, -0.05) is 0 Å². The largest absolute Gasteiger partial charge is 0.497 e. The smallest absolute Gasteiger partial charge is 0.257 e. The molecule has 0 unspecified atom stereocenters. The number of carbonyl (C=O) groups excluding carboxylic acids is 2. The van der Waals surface area contributed by atoms with Crippen molar-refractivity contribution in [3.8, 4) is 5.75 Å². The Balaban J connectivity index is 1.24. The molecule has 0 bridgehead atoms. The number of rotatable bonds is 4. The van der Waals surface area contributed by atoms with Crippen molar-refractivity contribution in [2.45, 2.75) is 17.7 Å². The lowest BCUT2D eigenvalue weighted by Gasteiger charge is -2.31. The van der Waals surface area contributed by atoms with Crippen LogP contribution in [0.1, 0.15) is 33.6 Å². The molecule has 0 aliphatic carbocycles. The number of amides is 1. The van der Waals surface area contributed by atoms with Gasteiger partial charge in [-0.15, -0.1) is 4.40 Å². The number of likely N-dealkylation sites (tertiary alicyclic amines) is 1. The van der Waals surface area contributed by atoms with Gasteiger partial charge < -0.3 is 14.5 Å². The van der Waals surface area contributed by atoms with Crippen molar-refractivity contribution in [2.24, 2.45) is 10.3 Å². The van der Waals surface area contributed by atoms with Gasteiger partial charge in [0.1, 0.15) is 5.75 Å². The van der Waals surface area contributed by atoms with Gasteiger partial charge in [-0.05, 0) is 67.1 Å². The van der Waals surface area contributed by atoms with Crippen LogP contribution < -0.4 is 9.64 Å². The van der Waals surface area contributed by atoms with E-state index in [0.717, 1.165) is 10.6 Å². The number of sulfonamides is 1. The van der Waals surface area contributed by atoms with Crippen LogP contribution in [0, 0.1) is 5.92 Å². The summed E-state index contributed by atoms with van der Waals surface area (Å²) in [5, 5.41) is 0.443. The van der Waals surface area contributed by atoms with Gasteiger partial charge in [0.25, 0.3) is 15.9 Å². The number of anilines is 1. The zero-order valence-corrected chi connectivity index (χ0v) is 19.7. The van der Waals surface area contributed by atoms with Gasteiger partial charge in [-0.25, -0.2) is 8.42 Å². The molecule has 1 saturated heterocycles. The summed E-state index contributed by atoms with van der Waals surface area (Å²) < 4.78 is 32.6. The molecule has 0 atom stereocenters. The van der Waals surface area contributed by atoms with Gasteiger partial charge in [0.05, 0.1) is 18.6 Å². The Kier molecular flexibility index (Phi) is 5.65. The van der Waals surface area contributed by atoms with Gasteiger partial charge in [0.2, 0.25) is 0 Å². The first-order chi connectivity index (χ1) is 15.8. The molecule has 33 heavy (non-hydrogen) atoms. The quantitative estimate of drug-likeness (QED) is 0.614. The molecule has 3 heterocycles. The minimum Gasteiger partial charge on any atom is -0.497 e. The molecule has 8 nitrogen and oxygen atoms in total. The van der Waals surface area contributed by atoms with Gasteiger partial charge >= 0.3 is 0 Å². The standard InChI is InChI=1S/C23H23N3O5S2/c1-31-18-5-2-15(3-6-18)21(27)16-8-10-25(11-9-16)22(28)17-4-7-19-20(14-17)32-23-24-33(29,30)13-12-26(19)23/h2-7,14,16H,8-13H2,1H3. The van der Waals surface area contributed by atoms with E-state index in [1.165, 1.54) is 11.8 Å². The van der Waals surface area contributed by atoms with Crippen LogP contribution in [0.2, 0.25) is 0 Å². The van der Waals surface area contributed by atoms with E-state index in [1.807, 2.05) is 17.0 Å². The molecule has 5 rings (SSSR count). The maximum absolute atomic E-state index is 13.1. The number of carbonyl (C=O) groups is 2. The maximum atomic E-state index is 13.1. The maximum Gasteiger partial charge on any atom is 0.257 e. The number of fused-ring (bicyclic) bond motifs is 3. The number of amidine groups is 1. The first-order valence-electron chi connectivity index (χ1n) is 10.7. The SMILES string of the molecule is COc1ccc(C(=O)C2CCN(C(=O)c3ccc4c(c3)SC3=NS(=O)(=O)CCN34)CC2)cc1. The lowest BCUT2D eigenvalue weighted by molar-refractivity contribution is 0.0650. The van der Waals surface area contributed by atoms with Gasteiger partial charge in [0, 0.05) is 41.6 Å². The average Bonchev–Trinajstić information content (AvgIpc) is 3.18. The summed E-state index contributed by atoms with van der Waals surface area (Å²) in [4.78, 5) is 30.5. The Morgan fingerprint density at radius 2 is 1.73 bits per heavy atom. The first kappa shape index (κ1) is 22.0. The molecular formula is C23H23N3O5S2. The fourth-order valence-corrected chi connectivity index (χ4v) is 6.68. The molecule has 172 valence electrons. The lowest BCUT2D eigenvalue weighted by Crippen LogP contribution is -2.40. The van der Waals surface area contributed by atoms with Crippen molar-refractivity contribution in [3.05, 3.63) is 53.6 Å². The third-order valence-corrected chi connectivity index (χ3v) is 8.55. The fraction of sp³-hybridized carbons (Fsp3) is 0.348. The zero-order chi connectivity index (χ0) is 23.2. The number of benzene rings is 2. The van der Waals surface area contributed by atoms with Crippen LogP contribution in [0.25, 0.3) is 0 Å². The molecular weight excluding hydrogens is 462 g/mol. The normalized spacial score (nSPS) is 19.5. The molecule has 0 radical (unpaired) electrons. The van der Waals surface area contributed by atoms with Crippen molar-refractivity contribution in [2.75, 3.05) is 37.4 Å². The highest BCUT2D eigenvalue weighted by molar-refractivity contribution is 8.15. The van der Waals surface area contributed by atoms with E-state index in [2.05, 4.69) is 4.40 Å². The second kappa shape index (κ2) is 8.49. The number of nitrogens with zero attached hydrogens (tertiary/aromatic N) is 3. The predicted octanol–water partition coefficient (Wildman–Crippen LogP) is 3.04. The number of Topliss-reactive ketones (excluding diaryl/α,β-unsaturated/α-hetero) is 1. The second-order valence-electron chi connectivity index (χ2n) is 8.26. The number of methoxy groups -OCH3 is 1. The predicted molar refractivity (Wildman–Crippen MR) is 127 cm³/mol. The summed E-state index contributed by atoms with van der Waals surface area (Å²) in [6.07, 6.45) is 1.25. The fourth-order valence-electron chi connectivity index (χ4n) is 4.38. The van der Waals surface area contributed by atoms with Gasteiger partial charge in [-0.3, -0.25) is 9.59 Å². The van der Waals surface area contributed by atoms with Crippen LogP contribution in [0.15, 0.2) is 51.8 Å². The van der Waals surface area contributed by atoms with Crippen LogP contribution in [0.5, 0.6) is 5.75 Å². The van der Waals surface area contributed by atoms with E-state index in [9.17, 15) is 18.0 Å². The number of ether oxygens (including phenoxy) is 1. The monoisotopic (exact) mass is 485 g/mol. The van der Waals surface area contributed by atoms with Crippen LogP contribution in [0.3, 0.4) is 0 Å². The van der Waals surface area contributed by atoms with E-state index < -0.39 is 10.0 Å². The molecule has 0 spiro atoms. The highest BCUT2D eigenvalue weighted by Gasteiger charge is 2.34. The van der Waals surface area contributed by atoms with Crippen molar-refractivity contribution in [1.29, 1.82) is 0 Å². The number of hydrogen-bond acceptors (Lipinski definition) is 7. The number of ketones is 1. The summed E-state index contributed by atoms with van der Waals surface area (Å²) in [5.41, 5.74) is 2.11. The Bertz CT molecular complexity index is 1250. The van der Waals surface area contributed by atoms with E-state index in [0.29, 0.717) is 54.5 Å². The van der Waals surface area contributed by atoms with Crippen LogP contribution >= 0.6 is 11.8 Å². The number of thioether (sulfide) groups is 1. The van der Waals surface area contributed by atoms with Crippen molar-refractivity contribution < 1.29 is 22.7 Å². The van der Waals surface area contributed by atoms with Gasteiger partial charge in [0.15, 0.2) is 11.0 Å². The highest BCUT2D eigenvalue weighted by atomic mass is 32.2. The third-order valence-electron chi connectivity index (χ3n) is 6.25. The third kappa shape index (κ3) is 4.24. The summed E-state index contributed by atoms with van der Waals surface area (Å²) in [5.74, 6) is 0.624. The molecule has 2 aromatic rings. The summed E-state index contributed by atoms with van der Waals surface area (Å²) in [7, 11) is -1.83. The summed E-state index contributed by atoms with van der Waals surface area (Å²) in [6, 6.07) is 12.6. The van der Waals surface area contributed by atoms with E-state index in [4.69, 9.17) is 4.74 Å². The molecule has 3 aliphatic rings. The molecule has 1 amide bonds. The van der Waals surface area contributed by atoms with Crippen molar-refractivity contribution >= 4 is 44.3 Å². The van der Waals surface area contributed by atoms with Crippen LogP contribution in [-0.4, -0.2) is 62.7 Å². The summed E-state index contributed by atoms with van der Waals surface area (Å²) >= 11 is 1.28. The first-order valence-corrected chi connectivity index (χ1v) is 13.2.